The number of amides is 2. The highest BCUT2D eigenvalue weighted by atomic mass is 35.5. The number of hydrogen-bond donors (Lipinski definition) is 0. The summed E-state index contributed by atoms with van der Waals surface area (Å²) in [5.41, 5.74) is 1.52. The van der Waals surface area contributed by atoms with E-state index in [0.717, 1.165) is 10.5 Å². The molecule has 0 N–H and O–H groups in total. The number of methoxy groups -OCH3 is 1. The minimum Gasteiger partial charge on any atom is -0.496 e. The third kappa shape index (κ3) is 3.87. The van der Waals surface area contributed by atoms with Gasteiger partial charge in [0, 0.05) is 11.1 Å². The van der Waals surface area contributed by atoms with Crippen molar-refractivity contribution in [3.8, 4) is 5.75 Å². The van der Waals surface area contributed by atoms with Crippen molar-refractivity contribution in [3.05, 3.63) is 93.0 Å². The fourth-order valence-corrected chi connectivity index (χ4v) is 3.63. The van der Waals surface area contributed by atoms with Crippen LogP contribution in [0.1, 0.15) is 36.6 Å². The molecule has 1 aliphatic heterocycles. The van der Waals surface area contributed by atoms with Gasteiger partial charge in [-0.05, 0) is 35.9 Å². The molecule has 0 saturated carbocycles. The van der Waals surface area contributed by atoms with Crippen LogP contribution in [-0.4, -0.2) is 24.9 Å². The topological polar surface area (TPSA) is 72.9 Å². The molecule has 1 aliphatic rings. The summed E-state index contributed by atoms with van der Waals surface area (Å²) in [5, 5.41) is 0.612. The van der Waals surface area contributed by atoms with E-state index in [9.17, 15) is 14.4 Å². The van der Waals surface area contributed by atoms with Gasteiger partial charge in [0.05, 0.1) is 28.9 Å². The van der Waals surface area contributed by atoms with Crippen LogP contribution in [0.2, 0.25) is 10.0 Å². The zero-order valence-corrected chi connectivity index (χ0v) is 17.7. The van der Waals surface area contributed by atoms with Gasteiger partial charge in [0.15, 0.2) is 0 Å². The van der Waals surface area contributed by atoms with E-state index in [1.54, 1.807) is 48.5 Å². The summed E-state index contributed by atoms with van der Waals surface area (Å²) in [7, 11) is 1.37. The number of halogens is 2. The Morgan fingerprint density at radius 3 is 2.13 bits per heavy atom. The number of imide groups is 1. The first-order valence-corrected chi connectivity index (χ1v) is 9.93. The fourth-order valence-electron chi connectivity index (χ4n) is 3.26. The first kappa shape index (κ1) is 20.9. The molecular weight excluding hydrogens is 441 g/mol. The van der Waals surface area contributed by atoms with Crippen LogP contribution < -0.4 is 9.64 Å². The molecule has 8 heteroatoms. The molecule has 0 fully saturated rings. The van der Waals surface area contributed by atoms with Gasteiger partial charge in [-0.2, -0.15) is 0 Å². The molecule has 1 heterocycles. The second-order valence-corrected chi connectivity index (χ2v) is 7.54. The molecule has 0 aromatic heterocycles. The van der Waals surface area contributed by atoms with Crippen LogP contribution in [0.5, 0.6) is 5.75 Å². The first-order chi connectivity index (χ1) is 14.9. The van der Waals surface area contributed by atoms with E-state index in [1.165, 1.54) is 19.2 Å². The van der Waals surface area contributed by atoms with Crippen molar-refractivity contribution in [3.63, 3.8) is 0 Å². The third-order valence-electron chi connectivity index (χ3n) is 4.81. The number of fused-ring (bicyclic) bond motifs is 1. The van der Waals surface area contributed by atoms with Gasteiger partial charge in [0.1, 0.15) is 17.9 Å². The van der Waals surface area contributed by atoms with Gasteiger partial charge in [-0.25, -0.2) is 9.69 Å². The minimum absolute atomic E-state index is 0.0247. The van der Waals surface area contributed by atoms with E-state index < -0.39 is 17.8 Å². The van der Waals surface area contributed by atoms with E-state index in [1.807, 2.05) is 0 Å². The predicted molar refractivity (Wildman–Crippen MR) is 116 cm³/mol. The van der Waals surface area contributed by atoms with Gasteiger partial charge in [-0.15, -0.1) is 0 Å². The van der Waals surface area contributed by atoms with Crippen LogP contribution in [0, 0.1) is 0 Å². The summed E-state index contributed by atoms with van der Waals surface area (Å²) >= 11 is 12.2. The monoisotopic (exact) mass is 455 g/mol. The molecule has 3 aromatic carbocycles. The molecule has 0 saturated heterocycles. The molecule has 31 heavy (non-hydrogen) atoms. The van der Waals surface area contributed by atoms with E-state index in [4.69, 9.17) is 32.7 Å². The Balaban J connectivity index is 1.62. The lowest BCUT2D eigenvalue weighted by Gasteiger charge is -2.18. The zero-order chi connectivity index (χ0) is 22.1. The molecule has 3 aromatic rings. The zero-order valence-electron chi connectivity index (χ0n) is 16.2. The van der Waals surface area contributed by atoms with Gasteiger partial charge in [0.2, 0.25) is 0 Å². The Morgan fingerprint density at radius 2 is 1.55 bits per heavy atom. The SMILES string of the molecule is COc1cc(N2C(=O)c3ccccc3C2=O)c(Cl)cc1C(=O)OCc1ccc(Cl)cc1. The Kier molecular flexibility index (Phi) is 5.67. The molecule has 156 valence electrons. The van der Waals surface area contributed by atoms with Crippen LogP contribution >= 0.6 is 23.2 Å². The normalized spacial score (nSPS) is 12.7. The maximum atomic E-state index is 12.8. The molecule has 0 aliphatic carbocycles. The number of benzene rings is 3. The van der Waals surface area contributed by atoms with Crippen LogP contribution in [0.15, 0.2) is 60.7 Å². The van der Waals surface area contributed by atoms with Crippen molar-refractivity contribution in [1.29, 1.82) is 0 Å². The number of carbonyl (C=O) groups excluding carboxylic acids is 3. The van der Waals surface area contributed by atoms with E-state index >= 15 is 0 Å². The smallest absolute Gasteiger partial charge is 0.342 e. The summed E-state index contributed by atoms with van der Waals surface area (Å²) in [6, 6.07) is 16.1. The number of hydrogen-bond acceptors (Lipinski definition) is 5. The minimum atomic E-state index is -0.664. The standard InChI is InChI=1S/C23H15Cl2NO5/c1-30-20-11-19(26-21(27)15-4-2-3-5-16(15)22(26)28)18(25)10-17(20)23(29)31-12-13-6-8-14(24)9-7-13/h2-11H,12H2,1H3. The van der Waals surface area contributed by atoms with Crippen LogP contribution in [0.4, 0.5) is 5.69 Å². The molecule has 4 rings (SSSR count). The molecule has 0 bridgehead atoms. The lowest BCUT2D eigenvalue weighted by Crippen LogP contribution is -2.29. The van der Waals surface area contributed by atoms with Crippen molar-refractivity contribution in [2.75, 3.05) is 12.0 Å². The first-order valence-electron chi connectivity index (χ1n) is 9.17. The van der Waals surface area contributed by atoms with Gasteiger partial charge in [-0.3, -0.25) is 9.59 Å². The Hall–Kier alpha value is -3.35. The lowest BCUT2D eigenvalue weighted by atomic mass is 10.1. The number of nitrogens with zero attached hydrogens (tertiary/aromatic N) is 1. The fraction of sp³-hybridized carbons (Fsp3) is 0.0870. The molecule has 0 unspecified atom stereocenters. The summed E-state index contributed by atoms with van der Waals surface area (Å²) < 4.78 is 10.7. The highest BCUT2D eigenvalue weighted by Crippen LogP contribution is 2.38. The van der Waals surface area contributed by atoms with Gasteiger partial charge in [0.25, 0.3) is 11.8 Å². The number of esters is 1. The largest absolute Gasteiger partial charge is 0.496 e. The summed E-state index contributed by atoms with van der Waals surface area (Å²) in [5.74, 6) is -1.54. The van der Waals surface area contributed by atoms with Crippen LogP contribution in [0.25, 0.3) is 0 Å². The van der Waals surface area contributed by atoms with Crippen molar-refractivity contribution < 1.29 is 23.9 Å². The maximum absolute atomic E-state index is 12.8. The van der Waals surface area contributed by atoms with Gasteiger partial charge >= 0.3 is 5.97 Å². The molecule has 0 spiro atoms. The maximum Gasteiger partial charge on any atom is 0.342 e. The summed E-state index contributed by atoms with van der Waals surface area (Å²) in [4.78, 5) is 39.1. The molecule has 0 radical (unpaired) electrons. The number of ether oxygens (including phenoxy) is 2. The Morgan fingerprint density at radius 1 is 0.935 bits per heavy atom. The average Bonchev–Trinajstić information content (AvgIpc) is 3.03. The number of rotatable bonds is 5. The molecule has 6 nitrogen and oxygen atoms in total. The molecular formula is C23H15Cl2NO5. The molecule has 2 amide bonds. The van der Waals surface area contributed by atoms with Crippen LogP contribution in [-0.2, 0) is 11.3 Å². The van der Waals surface area contributed by atoms with Crippen molar-refractivity contribution >= 4 is 46.7 Å². The third-order valence-corrected chi connectivity index (χ3v) is 5.36. The number of carbonyl (C=O) groups is 3. The average molecular weight is 456 g/mol. The predicted octanol–water partition coefficient (Wildman–Crippen LogP) is 5.16. The number of anilines is 1. The quantitative estimate of drug-likeness (QED) is 0.392. The Bertz CT molecular complexity index is 1170. The van der Waals surface area contributed by atoms with Gasteiger partial charge < -0.3 is 9.47 Å². The second-order valence-electron chi connectivity index (χ2n) is 6.70. The second kappa shape index (κ2) is 8.41. The van der Waals surface area contributed by atoms with Crippen LogP contribution in [0.3, 0.4) is 0 Å². The van der Waals surface area contributed by atoms with Gasteiger partial charge in [-0.1, -0.05) is 47.5 Å². The van der Waals surface area contributed by atoms with Crippen molar-refractivity contribution in [2.24, 2.45) is 0 Å². The molecule has 0 atom stereocenters. The van der Waals surface area contributed by atoms with Crippen molar-refractivity contribution in [1.82, 2.24) is 0 Å². The lowest BCUT2D eigenvalue weighted by molar-refractivity contribution is 0.0469. The summed E-state index contributed by atoms with van der Waals surface area (Å²) in [6.45, 7) is 0.0247. The van der Waals surface area contributed by atoms with E-state index in [0.29, 0.717) is 5.02 Å². The highest BCUT2D eigenvalue weighted by Gasteiger charge is 2.38. The highest BCUT2D eigenvalue weighted by molar-refractivity contribution is 6.40. The Labute approximate surface area is 187 Å². The van der Waals surface area contributed by atoms with E-state index in [2.05, 4.69) is 0 Å². The van der Waals surface area contributed by atoms with E-state index in [-0.39, 0.29) is 39.8 Å². The summed E-state index contributed by atoms with van der Waals surface area (Å²) in [6.07, 6.45) is 0. The van der Waals surface area contributed by atoms with Crippen molar-refractivity contribution in [2.45, 2.75) is 6.61 Å².